The topological polar surface area (TPSA) is 55.2 Å². The molecule has 1 aromatic heterocycles. The number of nitrogens with zero attached hydrogens (tertiary/aromatic N) is 3. The van der Waals surface area contributed by atoms with Gasteiger partial charge < -0.3 is 4.90 Å². The number of amides is 1. The van der Waals surface area contributed by atoms with E-state index in [0.29, 0.717) is 6.54 Å². The summed E-state index contributed by atoms with van der Waals surface area (Å²) in [5.74, 6) is -0.155. The van der Waals surface area contributed by atoms with Crippen LogP contribution in [-0.2, 0) is 24.3 Å². The molecule has 1 amide bonds. The van der Waals surface area contributed by atoms with Crippen LogP contribution in [0.1, 0.15) is 24.6 Å². The Labute approximate surface area is 158 Å². The van der Waals surface area contributed by atoms with Gasteiger partial charge in [-0.2, -0.15) is 0 Å². The maximum atomic E-state index is 13.0. The lowest BCUT2D eigenvalue weighted by atomic mass is 10.2. The van der Waals surface area contributed by atoms with E-state index in [1.54, 1.807) is 4.90 Å². The molecular weight excluding hydrogens is 338 g/mol. The SMILES string of the molecule is CCCc1cc(=O)n(CC(=O)N(Cc2ccccc2)c2ccccc2)cn1. The Morgan fingerprint density at radius 1 is 1.04 bits per heavy atom. The van der Waals surface area contributed by atoms with Crippen molar-refractivity contribution < 1.29 is 4.79 Å². The van der Waals surface area contributed by atoms with Gasteiger partial charge in [-0.3, -0.25) is 14.2 Å². The molecule has 0 aliphatic carbocycles. The predicted molar refractivity (Wildman–Crippen MR) is 107 cm³/mol. The van der Waals surface area contributed by atoms with Crippen molar-refractivity contribution in [1.29, 1.82) is 0 Å². The summed E-state index contributed by atoms with van der Waals surface area (Å²) in [5, 5.41) is 0. The molecule has 0 unspecified atom stereocenters. The number of benzene rings is 2. The van der Waals surface area contributed by atoms with E-state index >= 15 is 0 Å². The second-order valence-corrected chi connectivity index (χ2v) is 6.40. The molecule has 2 aromatic carbocycles. The van der Waals surface area contributed by atoms with Gasteiger partial charge in [0.1, 0.15) is 6.54 Å². The first kappa shape index (κ1) is 18.6. The molecule has 0 saturated carbocycles. The molecule has 0 fully saturated rings. The first-order valence-electron chi connectivity index (χ1n) is 9.12. The molecule has 0 N–H and O–H groups in total. The second-order valence-electron chi connectivity index (χ2n) is 6.40. The third-order valence-corrected chi connectivity index (χ3v) is 4.30. The number of hydrogen-bond donors (Lipinski definition) is 0. The van der Waals surface area contributed by atoms with Crippen molar-refractivity contribution in [2.45, 2.75) is 32.9 Å². The van der Waals surface area contributed by atoms with Crippen molar-refractivity contribution in [2.24, 2.45) is 0 Å². The van der Waals surface area contributed by atoms with Crippen molar-refractivity contribution in [1.82, 2.24) is 9.55 Å². The highest BCUT2D eigenvalue weighted by molar-refractivity contribution is 5.93. The van der Waals surface area contributed by atoms with Gasteiger partial charge in [0.25, 0.3) is 5.56 Å². The lowest BCUT2D eigenvalue weighted by Gasteiger charge is -2.23. The number of aromatic nitrogens is 2. The van der Waals surface area contributed by atoms with E-state index in [1.807, 2.05) is 67.6 Å². The molecule has 0 aliphatic rings. The summed E-state index contributed by atoms with van der Waals surface area (Å²) in [4.78, 5) is 31.3. The third kappa shape index (κ3) is 4.91. The van der Waals surface area contributed by atoms with Crippen molar-refractivity contribution in [2.75, 3.05) is 4.90 Å². The Hall–Kier alpha value is -3.21. The summed E-state index contributed by atoms with van der Waals surface area (Å²) in [6, 6.07) is 20.8. The lowest BCUT2D eigenvalue weighted by molar-refractivity contribution is -0.119. The molecule has 0 saturated heterocycles. The van der Waals surface area contributed by atoms with E-state index in [1.165, 1.54) is 17.0 Å². The van der Waals surface area contributed by atoms with Gasteiger partial charge in [-0.05, 0) is 24.1 Å². The number of hydrogen-bond acceptors (Lipinski definition) is 3. The minimum absolute atomic E-state index is 0.0417. The predicted octanol–water partition coefficient (Wildman–Crippen LogP) is 3.43. The zero-order valence-corrected chi connectivity index (χ0v) is 15.4. The fourth-order valence-corrected chi connectivity index (χ4v) is 2.90. The summed E-state index contributed by atoms with van der Waals surface area (Å²) in [6.45, 7) is 2.44. The molecule has 138 valence electrons. The first-order valence-corrected chi connectivity index (χ1v) is 9.12. The Morgan fingerprint density at radius 3 is 2.33 bits per heavy atom. The molecule has 0 bridgehead atoms. The van der Waals surface area contributed by atoms with Crippen LogP contribution in [0.2, 0.25) is 0 Å². The highest BCUT2D eigenvalue weighted by Crippen LogP contribution is 2.17. The standard InChI is InChI=1S/C22H23N3O2/c1-2-9-19-14-21(26)24(17-23-19)16-22(27)25(20-12-7-4-8-13-20)15-18-10-5-3-6-11-18/h3-8,10-14,17H,2,9,15-16H2,1H3. The molecule has 0 radical (unpaired) electrons. The van der Waals surface area contributed by atoms with Crippen molar-refractivity contribution in [3.8, 4) is 0 Å². The molecule has 5 nitrogen and oxygen atoms in total. The van der Waals surface area contributed by atoms with Crippen LogP contribution < -0.4 is 10.5 Å². The molecule has 0 spiro atoms. The Morgan fingerprint density at radius 2 is 1.70 bits per heavy atom. The van der Waals surface area contributed by atoms with Gasteiger partial charge in [-0.1, -0.05) is 61.9 Å². The summed E-state index contributed by atoms with van der Waals surface area (Å²) < 4.78 is 1.36. The van der Waals surface area contributed by atoms with Crippen LogP contribution in [0.5, 0.6) is 0 Å². The lowest BCUT2D eigenvalue weighted by Crippen LogP contribution is -2.36. The molecule has 0 atom stereocenters. The van der Waals surface area contributed by atoms with Gasteiger partial charge in [0, 0.05) is 17.4 Å². The average Bonchev–Trinajstić information content (AvgIpc) is 2.70. The zero-order valence-electron chi connectivity index (χ0n) is 15.4. The van der Waals surface area contributed by atoms with Gasteiger partial charge in [-0.15, -0.1) is 0 Å². The molecule has 5 heteroatoms. The molecular formula is C22H23N3O2. The highest BCUT2D eigenvalue weighted by atomic mass is 16.2. The maximum absolute atomic E-state index is 13.0. The van der Waals surface area contributed by atoms with E-state index in [0.717, 1.165) is 29.8 Å². The number of anilines is 1. The number of aryl methyl sites for hydroxylation is 1. The second kappa shape index (κ2) is 8.94. The van der Waals surface area contributed by atoms with Crippen LogP contribution in [0.4, 0.5) is 5.69 Å². The van der Waals surface area contributed by atoms with Gasteiger partial charge in [0.15, 0.2) is 0 Å². The van der Waals surface area contributed by atoms with Gasteiger partial charge in [-0.25, -0.2) is 4.98 Å². The summed E-state index contributed by atoms with van der Waals surface area (Å²) >= 11 is 0. The molecule has 3 rings (SSSR count). The largest absolute Gasteiger partial charge is 0.306 e. The van der Waals surface area contributed by atoms with Crippen LogP contribution in [0, 0.1) is 0 Å². The van der Waals surface area contributed by atoms with E-state index in [4.69, 9.17) is 0 Å². The number of carbonyl (C=O) groups is 1. The van der Waals surface area contributed by atoms with Crippen LogP contribution in [0.25, 0.3) is 0 Å². The number of rotatable bonds is 7. The van der Waals surface area contributed by atoms with Crippen LogP contribution in [-0.4, -0.2) is 15.5 Å². The quantitative estimate of drug-likeness (QED) is 0.648. The highest BCUT2D eigenvalue weighted by Gasteiger charge is 2.17. The monoisotopic (exact) mass is 361 g/mol. The Balaban J connectivity index is 1.84. The first-order chi connectivity index (χ1) is 13.2. The Bertz CT molecular complexity index is 937. The van der Waals surface area contributed by atoms with Gasteiger partial charge in [0.05, 0.1) is 12.9 Å². The molecule has 1 heterocycles. The summed E-state index contributed by atoms with van der Waals surface area (Å²) in [7, 11) is 0. The van der Waals surface area contributed by atoms with E-state index < -0.39 is 0 Å². The smallest absolute Gasteiger partial charge is 0.253 e. The minimum Gasteiger partial charge on any atom is -0.306 e. The van der Waals surface area contributed by atoms with Crippen molar-refractivity contribution in [3.63, 3.8) is 0 Å². The molecule has 0 aliphatic heterocycles. The summed E-state index contributed by atoms with van der Waals surface area (Å²) in [5.41, 5.74) is 2.39. The Kier molecular flexibility index (Phi) is 6.15. The van der Waals surface area contributed by atoms with Crippen molar-refractivity contribution in [3.05, 3.63) is 94.7 Å². The minimum atomic E-state index is -0.200. The van der Waals surface area contributed by atoms with Crippen LogP contribution in [0.3, 0.4) is 0 Å². The molecule has 27 heavy (non-hydrogen) atoms. The van der Waals surface area contributed by atoms with E-state index in [2.05, 4.69) is 4.98 Å². The average molecular weight is 361 g/mol. The van der Waals surface area contributed by atoms with Crippen LogP contribution in [0.15, 0.2) is 77.9 Å². The van der Waals surface area contributed by atoms with Crippen molar-refractivity contribution >= 4 is 11.6 Å². The van der Waals surface area contributed by atoms with E-state index in [9.17, 15) is 9.59 Å². The third-order valence-electron chi connectivity index (χ3n) is 4.30. The zero-order chi connectivity index (χ0) is 19.1. The fraction of sp³-hybridized carbons (Fsp3) is 0.227. The van der Waals surface area contributed by atoms with Gasteiger partial charge >= 0.3 is 0 Å². The fourth-order valence-electron chi connectivity index (χ4n) is 2.90. The number of carbonyl (C=O) groups excluding carboxylic acids is 1. The normalized spacial score (nSPS) is 10.6. The number of para-hydroxylation sites is 1. The summed E-state index contributed by atoms with van der Waals surface area (Å²) in [6.07, 6.45) is 3.15. The molecule has 3 aromatic rings. The van der Waals surface area contributed by atoms with Gasteiger partial charge in [0.2, 0.25) is 5.91 Å². The van der Waals surface area contributed by atoms with Crippen LogP contribution >= 0.6 is 0 Å². The maximum Gasteiger partial charge on any atom is 0.253 e. The van der Waals surface area contributed by atoms with E-state index in [-0.39, 0.29) is 18.0 Å².